The second kappa shape index (κ2) is 14.4. The highest BCUT2D eigenvalue weighted by Gasteiger charge is 2.30. The van der Waals surface area contributed by atoms with E-state index >= 15 is 0 Å². The maximum Gasteiger partial charge on any atom is 0.255 e. The molecule has 1 amide bonds. The predicted octanol–water partition coefficient (Wildman–Crippen LogP) is 4.49. The number of pyridine rings is 1. The third kappa shape index (κ3) is 8.64. The van der Waals surface area contributed by atoms with Gasteiger partial charge in [0.15, 0.2) is 0 Å². The van der Waals surface area contributed by atoms with Gasteiger partial charge in [-0.2, -0.15) is 5.10 Å². The molecule has 3 heterocycles. The Morgan fingerprint density at radius 1 is 0.936 bits per heavy atom. The van der Waals surface area contributed by atoms with Crippen LogP contribution < -0.4 is 11.1 Å². The molecule has 248 valence electrons. The number of carbonyl (C=O) groups is 1. The van der Waals surface area contributed by atoms with Gasteiger partial charge in [-0.1, -0.05) is 48.5 Å². The van der Waals surface area contributed by atoms with E-state index in [-0.39, 0.29) is 23.9 Å². The zero-order valence-electron chi connectivity index (χ0n) is 27.7. The van der Waals surface area contributed by atoms with Crippen LogP contribution in [0.3, 0.4) is 0 Å². The second-order valence-corrected chi connectivity index (χ2v) is 13.7. The van der Waals surface area contributed by atoms with E-state index in [0.29, 0.717) is 12.2 Å². The van der Waals surface area contributed by atoms with Gasteiger partial charge in [-0.15, -0.1) is 0 Å². The fourth-order valence-electron chi connectivity index (χ4n) is 6.63. The van der Waals surface area contributed by atoms with Gasteiger partial charge in [-0.05, 0) is 61.4 Å². The number of nitrogens with two attached hydrogens (primary N) is 1. The fourth-order valence-corrected chi connectivity index (χ4v) is 6.63. The monoisotopic (exact) mass is 637 g/mol. The van der Waals surface area contributed by atoms with Crippen LogP contribution in [0.2, 0.25) is 0 Å². The lowest BCUT2D eigenvalue weighted by molar-refractivity contribution is 0.0167. The maximum atomic E-state index is 13.3. The van der Waals surface area contributed by atoms with E-state index in [4.69, 9.17) is 10.5 Å². The van der Waals surface area contributed by atoms with Gasteiger partial charge in [0.1, 0.15) is 5.82 Å². The Labute approximate surface area is 277 Å². The number of amides is 1. The van der Waals surface area contributed by atoms with Crippen molar-refractivity contribution >= 4 is 11.7 Å². The first-order chi connectivity index (χ1) is 22.6. The van der Waals surface area contributed by atoms with Crippen LogP contribution >= 0.6 is 0 Å². The molecule has 2 aromatic heterocycles. The summed E-state index contributed by atoms with van der Waals surface area (Å²) in [4.78, 5) is 22.4. The molecule has 1 aliphatic heterocycles. The van der Waals surface area contributed by atoms with E-state index in [9.17, 15) is 9.90 Å². The highest BCUT2D eigenvalue weighted by Crippen LogP contribution is 2.27. The number of benzene rings is 2. The quantitative estimate of drug-likeness (QED) is 0.220. The number of hydrogen-bond donors (Lipinski definition) is 3. The molecule has 47 heavy (non-hydrogen) atoms. The third-order valence-corrected chi connectivity index (χ3v) is 9.16. The molecule has 10 nitrogen and oxygen atoms in total. The normalized spacial score (nSPS) is 19.2. The third-order valence-electron chi connectivity index (χ3n) is 9.16. The lowest BCUT2D eigenvalue weighted by Gasteiger charge is -2.37. The van der Waals surface area contributed by atoms with Crippen molar-refractivity contribution in [1.82, 2.24) is 29.9 Å². The molecule has 2 aromatic carbocycles. The number of carbonyl (C=O) groups excluding carboxylic acids is 1. The minimum atomic E-state index is -0.647. The van der Waals surface area contributed by atoms with Crippen LogP contribution in [0.5, 0.6) is 0 Å². The van der Waals surface area contributed by atoms with E-state index in [2.05, 4.69) is 73.7 Å². The van der Waals surface area contributed by atoms with Crippen LogP contribution in [0, 0.1) is 0 Å². The Kier molecular flexibility index (Phi) is 10.0. The lowest BCUT2D eigenvalue weighted by atomic mass is 10.0. The van der Waals surface area contributed by atoms with E-state index in [1.54, 1.807) is 23.1 Å². The summed E-state index contributed by atoms with van der Waals surface area (Å²) in [5, 5.41) is 17.5. The Morgan fingerprint density at radius 2 is 1.60 bits per heavy atom. The van der Waals surface area contributed by atoms with Crippen molar-refractivity contribution in [3.05, 3.63) is 89.9 Å². The maximum absolute atomic E-state index is 13.3. The van der Waals surface area contributed by atoms with Crippen molar-refractivity contribution in [2.45, 2.75) is 64.0 Å². The fraction of sp³-hybridized carbons (Fsp3) is 0.432. The Morgan fingerprint density at radius 3 is 2.23 bits per heavy atom. The SMILES string of the molecule is Cn1cc(-c2cnc(N)c(C(=O)N[C@H]3CCC[C@@H]3OCc3ccc(-c4ccc(CN5CCN(CC(C)(C)O)CC5)cc4)cc3)c2)cn1. The van der Waals surface area contributed by atoms with Gasteiger partial charge < -0.3 is 20.9 Å². The molecule has 0 unspecified atom stereocenters. The lowest BCUT2D eigenvalue weighted by Crippen LogP contribution is -2.50. The summed E-state index contributed by atoms with van der Waals surface area (Å²) in [5.74, 6) is -0.0284. The van der Waals surface area contributed by atoms with Crippen molar-refractivity contribution in [3.8, 4) is 22.3 Å². The van der Waals surface area contributed by atoms with Crippen LogP contribution in [0.25, 0.3) is 22.3 Å². The number of aryl methyl sites for hydroxylation is 1. The average molecular weight is 638 g/mol. The van der Waals surface area contributed by atoms with Crippen molar-refractivity contribution in [2.24, 2.45) is 7.05 Å². The van der Waals surface area contributed by atoms with Crippen molar-refractivity contribution in [3.63, 3.8) is 0 Å². The van der Waals surface area contributed by atoms with Crippen molar-refractivity contribution in [1.29, 1.82) is 0 Å². The number of nitrogens with zero attached hydrogens (tertiary/aromatic N) is 5. The number of piperazine rings is 1. The molecule has 0 bridgehead atoms. The molecule has 2 fully saturated rings. The predicted molar refractivity (Wildman–Crippen MR) is 184 cm³/mol. The minimum absolute atomic E-state index is 0.0636. The number of rotatable bonds is 11. The molecule has 0 radical (unpaired) electrons. The van der Waals surface area contributed by atoms with Crippen LogP contribution in [-0.4, -0.2) is 86.0 Å². The van der Waals surface area contributed by atoms with Gasteiger partial charge in [0, 0.05) is 69.8 Å². The summed E-state index contributed by atoms with van der Waals surface area (Å²) in [6, 6.07) is 19.1. The molecule has 1 saturated carbocycles. The summed E-state index contributed by atoms with van der Waals surface area (Å²) in [6.07, 6.45) is 7.97. The first kappa shape index (κ1) is 32.8. The number of nitrogen functional groups attached to an aromatic ring is 1. The number of nitrogens with one attached hydrogen (secondary N) is 1. The summed E-state index contributed by atoms with van der Waals surface area (Å²) >= 11 is 0. The molecule has 1 saturated heterocycles. The van der Waals surface area contributed by atoms with Gasteiger partial charge in [-0.25, -0.2) is 4.98 Å². The number of anilines is 1. The summed E-state index contributed by atoms with van der Waals surface area (Å²) in [5.41, 5.74) is 12.3. The van der Waals surface area contributed by atoms with E-state index < -0.39 is 5.60 Å². The molecular weight excluding hydrogens is 590 g/mol. The highest BCUT2D eigenvalue weighted by atomic mass is 16.5. The zero-order valence-corrected chi connectivity index (χ0v) is 27.7. The first-order valence-corrected chi connectivity index (χ1v) is 16.6. The van der Waals surface area contributed by atoms with Crippen LogP contribution in [0.15, 0.2) is 73.2 Å². The molecule has 2 aliphatic rings. The van der Waals surface area contributed by atoms with Crippen molar-refractivity contribution in [2.75, 3.05) is 38.5 Å². The van der Waals surface area contributed by atoms with Gasteiger partial charge >= 0.3 is 0 Å². The van der Waals surface area contributed by atoms with Crippen molar-refractivity contribution < 1.29 is 14.6 Å². The number of aromatic nitrogens is 3. The average Bonchev–Trinajstić information content (AvgIpc) is 3.69. The molecule has 10 heteroatoms. The van der Waals surface area contributed by atoms with Crippen LogP contribution in [0.4, 0.5) is 5.82 Å². The molecule has 2 atom stereocenters. The van der Waals surface area contributed by atoms with E-state index in [1.165, 1.54) is 16.7 Å². The summed E-state index contributed by atoms with van der Waals surface area (Å²) in [6.45, 7) is 9.91. The first-order valence-electron chi connectivity index (χ1n) is 16.6. The standard InChI is InChI=1S/C37H47N7O3/c1-37(2,46)25-44-17-15-43(16-18-44)22-26-7-11-28(12-8-26)29-13-9-27(10-14-29)24-47-34-6-4-5-33(34)41-36(45)32-19-30(20-39-35(32)38)31-21-40-42(3)23-31/h7-14,19-21,23,33-34,46H,4-6,15-18,22,24-25H2,1-3H3,(H2,38,39)(H,41,45)/t33-,34-/m0/s1. The molecule has 0 spiro atoms. The zero-order chi connectivity index (χ0) is 33.0. The van der Waals surface area contributed by atoms with E-state index in [0.717, 1.165) is 75.2 Å². The van der Waals surface area contributed by atoms with Gasteiger partial charge in [0.2, 0.25) is 0 Å². The smallest absolute Gasteiger partial charge is 0.255 e. The molecular formula is C37H47N7O3. The van der Waals surface area contributed by atoms with Gasteiger partial charge in [-0.3, -0.25) is 19.3 Å². The number of ether oxygens (including phenoxy) is 1. The Balaban J connectivity index is 0.986. The number of β-amino-alcohol motifs (C(OH)–C–C–N with tert-alkyl or cyclic N) is 1. The van der Waals surface area contributed by atoms with E-state index in [1.807, 2.05) is 27.1 Å². The van der Waals surface area contributed by atoms with Crippen LogP contribution in [0.1, 0.15) is 54.6 Å². The van der Waals surface area contributed by atoms with Crippen LogP contribution in [-0.2, 0) is 24.9 Å². The Hall–Kier alpha value is -4.09. The van der Waals surface area contributed by atoms with Gasteiger partial charge in [0.25, 0.3) is 5.91 Å². The summed E-state index contributed by atoms with van der Waals surface area (Å²) in [7, 11) is 1.85. The highest BCUT2D eigenvalue weighted by molar-refractivity contribution is 5.99. The Bertz CT molecular complexity index is 1640. The molecule has 4 aromatic rings. The molecule has 4 N–H and O–H groups in total. The topological polar surface area (TPSA) is 122 Å². The summed E-state index contributed by atoms with van der Waals surface area (Å²) < 4.78 is 8.05. The number of hydrogen-bond acceptors (Lipinski definition) is 8. The number of aliphatic hydroxyl groups is 1. The second-order valence-electron chi connectivity index (χ2n) is 13.7. The van der Waals surface area contributed by atoms with Gasteiger partial charge in [0.05, 0.1) is 36.1 Å². The largest absolute Gasteiger partial charge is 0.389 e. The molecule has 1 aliphatic carbocycles. The minimum Gasteiger partial charge on any atom is -0.389 e. The molecule has 6 rings (SSSR count).